The van der Waals surface area contributed by atoms with E-state index < -0.39 is 0 Å². The molecule has 1 aromatic carbocycles. The van der Waals surface area contributed by atoms with E-state index in [-0.39, 0.29) is 6.29 Å². The molecule has 0 bridgehead atoms. The van der Waals surface area contributed by atoms with Crippen molar-refractivity contribution in [3.8, 4) is 5.75 Å². The van der Waals surface area contributed by atoms with Crippen LogP contribution in [-0.2, 0) is 9.47 Å². The number of ether oxygens (including phenoxy) is 3. The molecule has 1 heterocycles. The largest absolute Gasteiger partial charge is 0.489 e. The molecule has 18 heavy (non-hydrogen) atoms. The van der Waals surface area contributed by atoms with Crippen molar-refractivity contribution in [2.45, 2.75) is 13.2 Å². The minimum atomic E-state index is -0.191. The number of hydrogen-bond acceptors (Lipinski definition) is 3. The molecule has 2 rings (SSSR count). The first kappa shape index (κ1) is 12.9. The average molecular weight is 246 g/mol. The first-order chi connectivity index (χ1) is 8.84. The van der Waals surface area contributed by atoms with Crippen molar-refractivity contribution in [3.63, 3.8) is 0 Å². The first-order valence-corrected chi connectivity index (χ1v) is 6.09. The molecule has 96 valence electrons. The summed E-state index contributed by atoms with van der Waals surface area (Å²) in [6, 6.07) is 9.79. The molecule has 0 unspecified atom stereocenters. The van der Waals surface area contributed by atoms with Gasteiger partial charge < -0.3 is 14.2 Å². The van der Waals surface area contributed by atoms with E-state index in [1.807, 2.05) is 55.5 Å². The van der Waals surface area contributed by atoms with Gasteiger partial charge in [-0.1, -0.05) is 30.4 Å². The highest BCUT2D eigenvalue weighted by Crippen LogP contribution is 2.10. The lowest BCUT2D eigenvalue weighted by atomic mass is 10.3. The Morgan fingerprint density at radius 3 is 2.72 bits per heavy atom. The van der Waals surface area contributed by atoms with E-state index in [9.17, 15) is 0 Å². The molecule has 0 amide bonds. The molecule has 0 saturated carbocycles. The molecular formula is C15H18O3. The molecule has 0 aromatic heterocycles. The third kappa shape index (κ3) is 4.35. The SMILES string of the molecule is C/C(=C/C=C/C1OCCO1)COc1ccccc1. The summed E-state index contributed by atoms with van der Waals surface area (Å²) in [5, 5.41) is 0. The van der Waals surface area contributed by atoms with Crippen LogP contribution in [0.5, 0.6) is 5.75 Å². The monoisotopic (exact) mass is 246 g/mol. The highest BCUT2D eigenvalue weighted by molar-refractivity contribution is 5.22. The maximum absolute atomic E-state index is 5.63. The molecule has 3 nitrogen and oxygen atoms in total. The minimum absolute atomic E-state index is 0.191. The molecule has 1 fully saturated rings. The first-order valence-electron chi connectivity index (χ1n) is 6.09. The van der Waals surface area contributed by atoms with Gasteiger partial charge in [0.25, 0.3) is 0 Å². The summed E-state index contributed by atoms with van der Waals surface area (Å²) in [7, 11) is 0. The summed E-state index contributed by atoms with van der Waals surface area (Å²) < 4.78 is 16.2. The maximum atomic E-state index is 5.63. The van der Waals surface area contributed by atoms with E-state index in [0.717, 1.165) is 11.3 Å². The summed E-state index contributed by atoms with van der Waals surface area (Å²) in [5.41, 5.74) is 1.15. The quantitative estimate of drug-likeness (QED) is 0.748. The van der Waals surface area contributed by atoms with Crippen molar-refractivity contribution < 1.29 is 14.2 Å². The van der Waals surface area contributed by atoms with Crippen molar-refractivity contribution in [1.82, 2.24) is 0 Å². The van der Waals surface area contributed by atoms with Crippen LogP contribution in [0.15, 0.2) is 54.1 Å². The molecule has 0 radical (unpaired) electrons. The number of hydrogen-bond donors (Lipinski definition) is 0. The molecule has 0 atom stereocenters. The van der Waals surface area contributed by atoms with Crippen molar-refractivity contribution in [2.24, 2.45) is 0 Å². The molecule has 0 aliphatic carbocycles. The Bertz CT molecular complexity index is 403. The standard InChI is InChI=1S/C15H18O3/c1-13(6-5-9-15-16-10-11-17-15)12-18-14-7-3-2-4-8-14/h2-9,15H,10-12H2,1H3/b9-5+,13-6-. The third-order valence-corrected chi connectivity index (χ3v) is 2.51. The Kier molecular flexibility index (Phi) is 5.00. The topological polar surface area (TPSA) is 27.7 Å². The second-order valence-electron chi connectivity index (χ2n) is 4.11. The Hall–Kier alpha value is -1.58. The minimum Gasteiger partial charge on any atom is -0.489 e. The number of benzene rings is 1. The summed E-state index contributed by atoms with van der Waals surface area (Å²) in [4.78, 5) is 0. The van der Waals surface area contributed by atoms with Crippen LogP contribution in [0.4, 0.5) is 0 Å². The fourth-order valence-electron chi connectivity index (χ4n) is 1.56. The van der Waals surface area contributed by atoms with Gasteiger partial charge in [-0.25, -0.2) is 0 Å². The van der Waals surface area contributed by atoms with Gasteiger partial charge in [0.15, 0.2) is 6.29 Å². The fraction of sp³-hybridized carbons (Fsp3) is 0.333. The smallest absolute Gasteiger partial charge is 0.177 e. The van der Waals surface area contributed by atoms with Crippen LogP contribution in [0.2, 0.25) is 0 Å². The molecule has 1 aromatic rings. The normalized spacial score (nSPS) is 17.5. The fourth-order valence-corrected chi connectivity index (χ4v) is 1.56. The summed E-state index contributed by atoms with van der Waals surface area (Å²) >= 11 is 0. The Morgan fingerprint density at radius 2 is 2.00 bits per heavy atom. The zero-order chi connectivity index (χ0) is 12.6. The van der Waals surface area contributed by atoms with Gasteiger partial charge in [-0.05, 0) is 30.7 Å². The van der Waals surface area contributed by atoms with Crippen LogP contribution in [0, 0.1) is 0 Å². The van der Waals surface area contributed by atoms with Crippen LogP contribution in [0.3, 0.4) is 0 Å². The van der Waals surface area contributed by atoms with Gasteiger partial charge >= 0.3 is 0 Å². The lowest BCUT2D eigenvalue weighted by Crippen LogP contribution is -2.01. The lowest BCUT2D eigenvalue weighted by molar-refractivity contribution is -0.00153. The molecule has 3 heteroatoms. The van der Waals surface area contributed by atoms with Crippen molar-refractivity contribution in [2.75, 3.05) is 19.8 Å². The number of para-hydroxylation sites is 1. The predicted molar refractivity (Wildman–Crippen MR) is 70.5 cm³/mol. The summed E-state index contributed by atoms with van der Waals surface area (Å²) in [5.74, 6) is 0.886. The second-order valence-corrected chi connectivity index (χ2v) is 4.11. The third-order valence-electron chi connectivity index (χ3n) is 2.51. The summed E-state index contributed by atoms with van der Waals surface area (Å²) in [6.07, 6.45) is 5.66. The molecule has 0 N–H and O–H groups in total. The van der Waals surface area contributed by atoms with Gasteiger partial charge in [-0.2, -0.15) is 0 Å². The van der Waals surface area contributed by atoms with E-state index in [0.29, 0.717) is 19.8 Å². The van der Waals surface area contributed by atoms with Crippen molar-refractivity contribution in [3.05, 3.63) is 54.1 Å². The molecule has 0 spiro atoms. The van der Waals surface area contributed by atoms with Crippen LogP contribution >= 0.6 is 0 Å². The van der Waals surface area contributed by atoms with Crippen LogP contribution in [0.25, 0.3) is 0 Å². The van der Waals surface area contributed by atoms with Crippen molar-refractivity contribution >= 4 is 0 Å². The molecule has 1 aliphatic rings. The lowest BCUT2D eigenvalue weighted by Gasteiger charge is -2.05. The Labute approximate surface area is 108 Å². The zero-order valence-corrected chi connectivity index (χ0v) is 10.5. The van der Waals surface area contributed by atoms with Crippen LogP contribution in [0.1, 0.15) is 6.92 Å². The van der Waals surface area contributed by atoms with E-state index in [1.165, 1.54) is 0 Å². The van der Waals surface area contributed by atoms with E-state index in [1.54, 1.807) is 0 Å². The summed E-state index contributed by atoms with van der Waals surface area (Å²) in [6.45, 7) is 3.97. The van der Waals surface area contributed by atoms with Gasteiger partial charge in [-0.3, -0.25) is 0 Å². The van der Waals surface area contributed by atoms with Crippen molar-refractivity contribution in [1.29, 1.82) is 0 Å². The number of allylic oxidation sites excluding steroid dienone is 2. The molecule has 1 aliphatic heterocycles. The predicted octanol–water partition coefficient (Wildman–Crippen LogP) is 2.94. The van der Waals surface area contributed by atoms with Crippen LogP contribution < -0.4 is 4.74 Å². The number of rotatable bonds is 5. The Morgan fingerprint density at radius 1 is 1.28 bits per heavy atom. The second kappa shape index (κ2) is 6.99. The van der Waals surface area contributed by atoms with Gasteiger partial charge in [-0.15, -0.1) is 0 Å². The van der Waals surface area contributed by atoms with Gasteiger partial charge in [0.1, 0.15) is 12.4 Å². The molecular weight excluding hydrogens is 228 g/mol. The van der Waals surface area contributed by atoms with Crippen LogP contribution in [-0.4, -0.2) is 26.1 Å². The molecule has 1 saturated heterocycles. The highest BCUT2D eigenvalue weighted by atomic mass is 16.7. The maximum Gasteiger partial charge on any atom is 0.177 e. The van der Waals surface area contributed by atoms with Gasteiger partial charge in [0.2, 0.25) is 0 Å². The Balaban J connectivity index is 1.75. The van der Waals surface area contributed by atoms with E-state index in [4.69, 9.17) is 14.2 Å². The van der Waals surface area contributed by atoms with E-state index >= 15 is 0 Å². The van der Waals surface area contributed by atoms with E-state index in [2.05, 4.69) is 0 Å². The van der Waals surface area contributed by atoms with Gasteiger partial charge in [0.05, 0.1) is 13.2 Å². The highest BCUT2D eigenvalue weighted by Gasteiger charge is 2.10. The van der Waals surface area contributed by atoms with Gasteiger partial charge in [0, 0.05) is 0 Å². The average Bonchev–Trinajstić information content (AvgIpc) is 2.91. The zero-order valence-electron chi connectivity index (χ0n) is 10.5.